The summed E-state index contributed by atoms with van der Waals surface area (Å²) in [5.74, 6) is -3.11. The lowest BCUT2D eigenvalue weighted by atomic mass is 9.81. The van der Waals surface area contributed by atoms with Crippen molar-refractivity contribution in [2.45, 2.75) is 89.5 Å². The third-order valence-corrected chi connectivity index (χ3v) is 14.5. The molecule has 4 N–H and O–H groups in total. The van der Waals surface area contributed by atoms with Gasteiger partial charge < -0.3 is 34.5 Å². The van der Waals surface area contributed by atoms with Gasteiger partial charge in [-0.05, 0) is 112 Å². The van der Waals surface area contributed by atoms with Crippen LogP contribution in [-0.4, -0.2) is 69.5 Å². The predicted octanol–water partition coefficient (Wildman–Crippen LogP) is 9.95. The Morgan fingerprint density at radius 2 is 1.59 bits per heavy atom. The highest BCUT2D eigenvalue weighted by Gasteiger charge is 2.44. The van der Waals surface area contributed by atoms with Crippen LogP contribution in [0.5, 0.6) is 5.75 Å². The molecule has 0 aromatic heterocycles. The van der Waals surface area contributed by atoms with Gasteiger partial charge in [-0.15, -0.1) is 0 Å². The zero-order valence-electron chi connectivity index (χ0n) is 40.3. The van der Waals surface area contributed by atoms with Gasteiger partial charge in [0.25, 0.3) is 0 Å². The minimum atomic E-state index is -4.70. The van der Waals surface area contributed by atoms with E-state index in [2.05, 4.69) is 66.8 Å². The molecule has 14 nitrogen and oxygen atoms in total. The molecule has 71 heavy (non-hydrogen) atoms. The third-order valence-electron chi connectivity index (χ3n) is 13.7. The van der Waals surface area contributed by atoms with Crippen LogP contribution in [-0.2, 0) is 32.3 Å². The maximum absolute atomic E-state index is 13.4. The monoisotopic (exact) mass is 977 g/mol. The lowest BCUT2D eigenvalue weighted by Crippen LogP contribution is -2.28. The van der Waals surface area contributed by atoms with E-state index in [0.29, 0.717) is 47.9 Å². The molecule has 4 aromatic carbocycles. The van der Waals surface area contributed by atoms with Gasteiger partial charge in [-0.25, -0.2) is 18.0 Å². The van der Waals surface area contributed by atoms with Gasteiger partial charge in [0.1, 0.15) is 33.8 Å². The molecule has 3 heterocycles. The van der Waals surface area contributed by atoms with Gasteiger partial charge in [0.2, 0.25) is 11.6 Å². The van der Waals surface area contributed by atoms with Crippen molar-refractivity contribution < 1.29 is 51.7 Å². The molecule has 0 spiro atoms. The van der Waals surface area contributed by atoms with Gasteiger partial charge in [0, 0.05) is 76.5 Å². The van der Waals surface area contributed by atoms with Crippen LogP contribution in [0.15, 0.2) is 135 Å². The number of likely N-dealkylation sites (N-methyl/N-ethyl adjacent to an activating group) is 1. The van der Waals surface area contributed by atoms with Gasteiger partial charge in [0.05, 0.1) is 33.5 Å². The summed E-state index contributed by atoms with van der Waals surface area (Å²) in [7, 11) is -4.70. The van der Waals surface area contributed by atoms with E-state index in [0.717, 1.165) is 24.0 Å². The summed E-state index contributed by atoms with van der Waals surface area (Å²) in [6.07, 6.45) is 12.1. The number of aromatic hydroxyl groups is 1. The first-order valence-electron chi connectivity index (χ1n) is 23.4. The Morgan fingerprint density at radius 3 is 2.31 bits per heavy atom. The van der Waals surface area contributed by atoms with E-state index in [9.17, 15) is 47.5 Å². The number of hydrogen-bond donors (Lipinski definition) is 4. The fourth-order valence-electron chi connectivity index (χ4n) is 10.1. The van der Waals surface area contributed by atoms with E-state index in [1.165, 1.54) is 77.1 Å². The van der Waals surface area contributed by atoms with E-state index in [-0.39, 0.29) is 74.0 Å². The SMILES string of the molecule is CCN1/C(=C/C=C/C=C/C2=[N+](CCCCCC(=O)NCc3c(O)ccc4c(-c5ccc(C(=O)O)cc5C(=O)O)c5ccc(=O)cc-5oc34)c3ccc(S(=O)(=O)[O-])cc3C2(C)C)C(C)(C)c2cc(C)ccc21. The third kappa shape index (κ3) is 9.54. The number of allylic oxidation sites excluding steroid dienone is 6. The molecule has 4 aliphatic rings. The molecule has 1 aliphatic carbocycles. The summed E-state index contributed by atoms with van der Waals surface area (Å²) in [5, 5.41) is 34.0. The molecular formula is C56H55N3O11S. The number of aryl methyl sites for hydroxylation is 1. The van der Waals surface area contributed by atoms with Gasteiger partial charge >= 0.3 is 11.9 Å². The van der Waals surface area contributed by atoms with E-state index < -0.39 is 27.5 Å². The molecule has 8 rings (SSSR count). The number of fused-ring (bicyclic) bond motifs is 4. The van der Waals surface area contributed by atoms with Crippen LogP contribution in [0.4, 0.5) is 11.4 Å². The van der Waals surface area contributed by atoms with Crippen LogP contribution < -0.4 is 15.6 Å². The Morgan fingerprint density at radius 1 is 0.831 bits per heavy atom. The lowest BCUT2D eigenvalue weighted by Gasteiger charge is -2.25. The number of carbonyl (C=O) groups is 3. The average molecular weight is 978 g/mol. The van der Waals surface area contributed by atoms with Crippen molar-refractivity contribution in [3.8, 4) is 28.2 Å². The highest BCUT2D eigenvalue weighted by molar-refractivity contribution is 7.85. The molecule has 0 bridgehead atoms. The minimum absolute atomic E-state index is 0.0929. The average Bonchev–Trinajstić information content (AvgIpc) is 3.66. The molecule has 0 radical (unpaired) electrons. The van der Waals surface area contributed by atoms with Crippen molar-refractivity contribution in [2.75, 3.05) is 18.0 Å². The van der Waals surface area contributed by atoms with Crippen LogP contribution in [0, 0.1) is 6.92 Å². The van der Waals surface area contributed by atoms with E-state index in [1.807, 2.05) is 38.2 Å². The van der Waals surface area contributed by atoms with Crippen LogP contribution in [0.3, 0.4) is 0 Å². The van der Waals surface area contributed by atoms with Gasteiger partial charge in [-0.3, -0.25) is 9.59 Å². The van der Waals surface area contributed by atoms with E-state index in [1.54, 1.807) is 6.07 Å². The normalized spacial score (nSPS) is 15.6. The summed E-state index contributed by atoms with van der Waals surface area (Å²) < 4.78 is 44.7. The largest absolute Gasteiger partial charge is 0.744 e. The van der Waals surface area contributed by atoms with Gasteiger partial charge in [-0.2, -0.15) is 4.58 Å². The second kappa shape index (κ2) is 19.3. The van der Waals surface area contributed by atoms with Gasteiger partial charge in [-0.1, -0.05) is 55.8 Å². The molecule has 15 heteroatoms. The molecule has 0 saturated carbocycles. The molecule has 366 valence electrons. The zero-order valence-corrected chi connectivity index (χ0v) is 41.1. The van der Waals surface area contributed by atoms with Crippen molar-refractivity contribution in [3.05, 3.63) is 165 Å². The Hall–Kier alpha value is -7.62. The molecule has 0 saturated heterocycles. The number of carbonyl (C=O) groups excluding carboxylic acids is 1. The Labute approximate surface area is 411 Å². The number of phenols is 1. The molecule has 0 unspecified atom stereocenters. The van der Waals surface area contributed by atoms with Crippen LogP contribution in [0.1, 0.15) is 103 Å². The van der Waals surface area contributed by atoms with Crippen molar-refractivity contribution >= 4 is 56.0 Å². The van der Waals surface area contributed by atoms with Crippen LogP contribution in [0.25, 0.3) is 33.4 Å². The van der Waals surface area contributed by atoms with Crippen LogP contribution >= 0.6 is 0 Å². The van der Waals surface area contributed by atoms with Crippen molar-refractivity contribution in [2.24, 2.45) is 0 Å². The summed E-state index contributed by atoms with van der Waals surface area (Å²) in [6.45, 7) is 13.9. The molecule has 3 aliphatic heterocycles. The van der Waals surface area contributed by atoms with E-state index >= 15 is 0 Å². The second-order valence-electron chi connectivity index (χ2n) is 19.0. The number of nitrogens with zero attached hydrogens (tertiary/aromatic N) is 2. The maximum atomic E-state index is 13.4. The number of amides is 1. The Kier molecular flexibility index (Phi) is 13.5. The first-order chi connectivity index (χ1) is 33.6. The quantitative estimate of drug-likeness (QED) is 0.0234. The standard InChI is InChI=1S/C56H55N3O11S/c1-7-58-44-24-17-33(2)28-42(44)55(3,4)48(58)14-10-8-11-15-49-56(5,6)43-31-36(71(67,68)69)20-25-45(43)59(49)27-13-9-12-16-50(62)57-32-41-46(61)26-23-39-51(38-22-19-35(60)30-47(38)70-52(39)41)37-21-18-34(53(63)64)29-40(37)54(65)66/h8,10-11,14-15,17-26,28-31H,7,9,12-13,16,27,32H2,1-6H3,(H4-,57,60,61,62,63,64,65,66,67,68,69). The fourth-order valence-corrected chi connectivity index (χ4v) is 10.6. The number of carboxylic acid groups (broad SMARTS) is 2. The molecule has 1 amide bonds. The summed E-state index contributed by atoms with van der Waals surface area (Å²) >= 11 is 0. The molecule has 4 aromatic rings. The lowest BCUT2D eigenvalue weighted by molar-refractivity contribution is -0.438. The van der Waals surface area contributed by atoms with Crippen molar-refractivity contribution in [3.63, 3.8) is 0 Å². The number of carboxylic acids is 2. The number of aromatic carboxylic acids is 2. The Bertz CT molecular complexity index is 3450. The van der Waals surface area contributed by atoms with Gasteiger partial charge in [0.15, 0.2) is 11.1 Å². The van der Waals surface area contributed by atoms with Crippen molar-refractivity contribution in [1.82, 2.24) is 5.32 Å². The fraction of sp³-hybridized carbons (Fsp3) is 0.268. The van der Waals surface area contributed by atoms with Crippen LogP contribution in [0.2, 0.25) is 0 Å². The minimum Gasteiger partial charge on any atom is -0.744 e. The number of nitrogens with one attached hydrogen (secondary N) is 1. The number of hydrogen-bond acceptors (Lipinski definition) is 10. The highest BCUT2D eigenvalue weighted by Crippen LogP contribution is 2.48. The topological polar surface area (TPSA) is 218 Å². The Balaban J connectivity index is 0.988. The predicted molar refractivity (Wildman–Crippen MR) is 271 cm³/mol. The van der Waals surface area contributed by atoms with E-state index in [4.69, 9.17) is 4.42 Å². The number of rotatable bonds is 16. The highest BCUT2D eigenvalue weighted by atomic mass is 32.2. The smallest absolute Gasteiger partial charge is 0.336 e. The summed E-state index contributed by atoms with van der Waals surface area (Å²) in [5.41, 5.74) is 6.75. The number of anilines is 1. The second-order valence-corrected chi connectivity index (χ2v) is 20.4. The number of benzene rings is 5. The molecule has 0 atom stereocenters. The zero-order chi connectivity index (χ0) is 51.2. The number of phenolic OH excluding ortho intramolecular Hbond substituents is 1. The molecular weight excluding hydrogens is 923 g/mol. The maximum Gasteiger partial charge on any atom is 0.336 e. The summed E-state index contributed by atoms with van der Waals surface area (Å²) in [6, 6.07) is 21.7. The summed E-state index contributed by atoms with van der Waals surface area (Å²) in [4.78, 5) is 52.1. The number of unbranched alkanes of at least 4 members (excludes halogenated alkanes) is 2. The first-order valence-corrected chi connectivity index (χ1v) is 24.8. The first kappa shape index (κ1) is 49.8. The molecule has 0 fully saturated rings. The van der Waals surface area contributed by atoms with Crippen molar-refractivity contribution in [1.29, 1.82) is 0 Å².